The molecule has 4 rings (SSSR count). The van der Waals surface area contributed by atoms with Crippen LogP contribution in [0, 0.1) is 13.8 Å². The summed E-state index contributed by atoms with van der Waals surface area (Å²) in [6, 6.07) is 10.2. The van der Waals surface area contributed by atoms with Gasteiger partial charge in [-0.25, -0.2) is 4.98 Å². The number of likely N-dealkylation sites (tertiary alicyclic amines) is 1. The summed E-state index contributed by atoms with van der Waals surface area (Å²) in [5.74, 6) is 0.935. The summed E-state index contributed by atoms with van der Waals surface area (Å²) in [6.07, 6.45) is 2.67. The highest BCUT2D eigenvalue weighted by molar-refractivity contribution is 7.13. The molecule has 2 aromatic heterocycles. The zero-order chi connectivity index (χ0) is 17.4. The largest absolute Gasteiger partial charge is 0.336 e. The van der Waals surface area contributed by atoms with Crippen molar-refractivity contribution in [1.29, 1.82) is 0 Å². The Labute approximate surface area is 150 Å². The van der Waals surface area contributed by atoms with Gasteiger partial charge in [0.1, 0.15) is 11.2 Å². The number of benzene rings is 1. The summed E-state index contributed by atoms with van der Waals surface area (Å²) in [7, 11) is 0. The topological polar surface area (TPSA) is 63.9 Å². The van der Waals surface area contributed by atoms with Gasteiger partial charge in [0.15, 0.2) is 5.82 Å². The Kier molecular flexibility index (Phi) is 4.09. The van der Waals surface area contributed by atoms with Gasteiger partial charge in [0, 0.05) is 18.7 Å². The van der Waals surface area contributed by atoms with E-state index in [2.05, 4.69) is 19.7 Å². The molecule has 1 unspecified atom stereocenters. The lowest BCUT2D eigenvalue weighted by Crippen LogP contribution is -2.29. The molecule has 1 aliphatic heterocycles. The maximum absolute atomic E-state index is 12.8. The second kappa shape index (κ2) is 6.40. The quantitative estimate of drug-likeness (QED) is 0.726. The maximum Gasteiger partial charge on any atom is 0.265 e. The Bertz CT molecular complexity index is 901. The second-order valence-corrected chi connectivity index (χ2v) is 7.47. The molecule has 1 saturated heterocycles. The minimum atomic E-state index is 0.0833. The first-order chi connectivity index (χ1) is 12.1. The third-order valence-corrected chi connectivity index (χ3v) is 5.61. The van der Waals surface area contributed by atoms with Gasteiger partial charge in [-0.2, -0.15) is 0 Å². The lowest BCUT2D eigenvalue weighted by atomic mass is 10.2. The Morgan fingerprint density at radius 1 is 1.24 bits per heavy atom. The number of rotatable bonds is 3. The highest BCUT2D eigenvalue weighted by Gasteiger charge is 2.31. The summed E-state index contributed by atoms with van der Waals surface area (Å²) in [5, 5.41) is 9.30. The predicted molar refractivity (Wildman–Crippen MR) is 96.6 cm³/mol. The molecule has 128 valence electrons. The normalized spacial score (nSPS) is 17.2. The standard InChI is InChI=1S/C18H19N5OS/c1-12-16(25-13(2)20-12)18(24)22-9-8-15(10-22)23-11-19-21-17(23)14-6-4-3-5-7-14/h3-7,11,15H,8-10H2,1-2H3. The average molecular weight is 353 g/mol. The van der Waals surface area contributed by atoms with Gasteiger partial charge in [-0.05, 0) is 20.3 Å². The summed E-state index contributed by atoms with van der Waals surface area (Å²) in [6.45, 7) is 5.25. The minimum Gasteiger partial charge on any atom is -0.336 e. The lowest BCUT2D eigenvalue weighted by molar-refractivity contribution is 0.0791. The third kappa shape index (κ3) is 2.95. The van der Waals surface area contributed by atoms with Crippen molar-refractivity contribution in [1.82, 2.24) is 24.6 Å². The number of amides is 1. The molecule has 0 saturated carbocycles. The van der Waals surface area contributed by atoms with Crippen molar-refractivity contribution in [2.45, 2.75) is 26.3 Å². The van der Waals surface area contributed by atoms with Crippen molar-refractivity contribution in [3.8, 4) is 11.4 Å². The van der Waals surface area contributed by atoms with Gasteiger partial charge in [-0.3, -0.25) is 4.79 Å². The number of aromatic nitrogens is 4. The fourth-order valence-corrected chi connectivity index (χ4v) is 4.22. The molecule has 0 bridgehead atoms. The van der Waals surface area contributed by atoms with E-state index in [0.717, 1.165) is 39.9 Å². The molecular weight excluding hydrogens is 334 g/mol. The first-order valence-corrected chi connectivity index (χ1v) is 9.13. The van der Waals surface area contributed by atoms with Crippen LogP contribution in [0.4, 0.5) is 0 Å². The summed E-state index contributed by atoms with van der Waals surface area (Å²) < 4.78 is 2.09. The van der Waals surface area contributed by atoms with Gasteiger partial charge in [0.25, 0.3) is 5.91 Å². The lowest BCUT2D eigenvalue weighted by Gasteiger charge is -2.17. The molecule has 0 radical (unpaired) electrons. The van der Waals surface area contributed by atoms with Crippen molar-refractivity contribution < 1.29 is 4.79 Å². The van der Waals surface area contributed by atoms with Crippen molar-refractivity contribution >= 4 is 17.2 Å². The minimum absolute atomic E-state index is 0.0833. The van der Waals surface area contributed by atoms with Crippen LogP contribution in [0.15, 0.2) is 36.7 Å². The van der Waals surface area contributed by atoms with Crippen LogP contribution >= 0.6 is 11.3 Å². The third-order valence-electron chi connectivity index (χ3n) is 4.55. The number of carbonyl (C=O) groups is 1. The molecule has 25 heavy (non-hydrogen) atoms. The zero-order valence-electron chi connectivity index (χ0n) is 14.2. The molecule has 3 heterocycles. The van der Waals surface area contributed by atoms with E-state index in [1.807, 2.05) is 49.1 Å². The molecule has 3 aromatic rings. The van der Waals surface area contributed by atoms with Gasteiger partial charge in [-0.1, -0.05) is 30.3 Å². The molecule has 1 aliphatic rings. The van der Waals surface area contributed by atoms with E-state index in [9.17, 15) is 4.79 Å². The molecule has 0 N–H and O–H groups in total. The van der Waals surface area contributed by atoms with Crippen LogP contribution in [0.3, 0.4) is 0 Å². The number of nitrogens with zero attached hydrogens (tertiary/aromatic N) is 5. The van der Waals surface area contributed by atoms with E-state index in [4.69, 9.17) is 0 Å². The van der Waals surface area contributed by atoms with Crippen molar-refractivity contribution in [3.05, 3.63) is 52.2 Å². The van der Waals surface area contributed by atoms with E-state index in [1.165, 1.54) is 11.3 Å². The number of thiazole rings is 1. The number of carbonyl (C=O) groups excluding carboxylic acids is 1. The maximum atomic E-state index is 12.8. The number of aryl methyl sites for hydroxylation is 2. The Morgan fingerprint density at radius 2 is 2.04 bits per heavy atom. The van der Waals surface area contributed by atoms with E-state index in [0.29, 0.717) is 6.54 Å². The Morgan fingerprint density at radius 3 is 2.76 bits per heavy atom. The van der Waals surface area contributed by atoms with Crippen LogP contribution in [0.25, 0.3) is 11.4 Å². The van der Waals surface area contributed by atoms with Crippen LogP contribution in [-0.4, -0.2) is 43.6 Å². The van der Waals surface area contributed by atoms with Gasteiger partial charge in [0.2, 0.25) is 0 Å². The average Bonchev–Trinajstić information content (AvgIpc) is 3.33. The Balaban J connectivity index is 1.55. The monoisotopic (exact) mass is 353 g/mol. The molecular formula is C18H19N5OS. The number of hydrogen-bond donors (Lipinski definition) is 0. The molecule has 1 amide bonds. The second-order valence-electron chi connectivity index (χ2n) is 6.27. The van der Waals surface area contributed by atoms with Gasteiger partial charge in [-0.15, -0.1) is 21.5 Å². The van der Waals surface area contributed by atoms with Crippen molar-refractivity contribution in [3.63, 3.8) is 0 Å². The van der Waals surface area contributed by atoms with Crippen LogP contribution in [-0.2, 0) is 0 Å². The van der Waals surface area contributed by atoms with Crippen LogP contribution < -0.4 is 0 Å². The number of hydrogen-bond acceptors (Lipinski definition) is 5. The smallest absolute Gasteiger partial charge is 0.265 e. The molecule has 1 aromatic carbocycles. The van der Waals surface area contributed by atoms with Crippen LogP contribution in [0.5, 0.6) is 0 Å². The van der Waals surface area contributed by atoms with E-state index in [1.54, 1.807) is 6.33 Å². The molecule has 0 aliphatic carbocycles. The van der Waals surface area contributed by atoms with E-state index in [-0.39, 0.29) is 11.9 Å². The highest BCUT2D eigenvalue weighted by Crippen LogP contribution is 2.29. The SMILES string of the molecule is Cc1nc(C)c(C(=O)N2CCC(n3cnnc3-c3ccccc3)C2)s1. The molecule has 1 atom stereocenters. The summed E-state index contributed by atoms with van der Waals surface area (Å²) in [5.41, 5.74) is 1.86. The van der Waals surface area contributed by atoms with Crippen LogP contribution in [0.1, 0.15) is 32.8 Å². The zero-order valence-corrected chi connectivity index (χ0v) is 15.0. The van der Waals surface area contributed by atoms with Gasteiger partial charge >= 0.3 is 0 Å². The van der Waals surface area contributed by atoms with E-state index >= 15 is 0 Å². The van der Waals surface area contributed by atoms with Crippen molar-refractivity contribution in [2.75, 3.05) is 13.1 Å². The molecule has 0 spiro atoms. The molecule has 7 heteroatoms. The molecule has 6 nitrogen and oxygen atoms in total. The highest BCUT2D eigenvalue weighted by atomic mass is 32.1. The van der Waals surface area contributed by atoms with Crippen molar-refractivity contribution in [2.24, 2.45) is 0 Å². The van der Waals surface area contributed by atoms with Crippen LogP contribution in [0.2, 0.25) is 0 Å². The fourth-order valence-electron chi connectivity index (χ4n) is 3.33. The first kappa shape index (κ1) is 16.0. The predicted octanol–water partition coefficient (Wildman–Crippen LogP) is 3.11. The summed E-state index contributed by atoms with van der Waals surface area (Å²) >= 11 is 1.47. The molecule has 1 fully saturated rings. The Hall–Kier alpha value is -2.54. The van der Waals surface area contributed by atoms with Gasteiger partial charge in [0.05, 0.1) is 16.7 Å². The fraction of sp³-hybridized carbons (Fsp3) is 0.333. The van der Waals surface area contributed by atoms with Gasteiger partial charge < -0.3 is 9.47 Å². The first-order valence-electron chi connectivity index (χ1n) is 8.31. The van der Waals surface area contributed by atoms with E-state index < -0.39 is 0 Å². The summed E-state index contributed by atoms with van der Waals surface area (Å²) in [4.78, 5) is 19.8.